The number of hydrogen-bond acceptors (Lipinski definition) is 7. The molecule has 0 aromatic heterocycles. The fourth-order valence-corrected chi connectivity index (χ4v) is 3.86. The first-order chi connectivity index (χ1) is 17.2. The molecule has 1 fully saturated rings. The summed E-state index contributed by atoms with van der Waals surface area (Å²) in [5.41, 5.74) is 1.91. The molecule has 0 unspecified atom stereocenters. The molecule has 1 aliphatic rings. The van der Waals surface area contributed by atoms with Gasteiger partial charge in [-0.15, -0.1) is 0 Å². The standard InChI is InChI=1S/C25H29ClO6.CH2O3/c1-30-22-7-3-2-6-18(22)10-13-24(28)32-23-16-20(15-21(27)25(23)29)31-14-4-5-17-8-11-19(26)12-9-17;2-1(3)4/h2-3,6-13,20-21,23,25,27,29H,4-5,14-16H2,1H3;(H2,2,3,4)/b13-10+;/t20-,21-,23+,25+;/m0./s1. The van der Waals surface area contributed by atoms with E-state index in [1.165, 1.54) is 11.6 Å². The molecule has 0 amide bonds. The van der Waals surface area contributed by atoms with Crippen LogP contribution in [0.1, 0.15) is 30.4 Å². The molecule has 1 aliphatic carbocycles. The summed E-state index contributed by atoms with van der Waals surface area (Å²) in [5, 5.41) is 35.1. The quantitative estimate of drug-likeness (QED) is 0.218. The fourth-order valence-electron chi connectivity index (χ4n) is 3.73. The number of ether oxygens (including phenoxy) is 3. The molecule has 9 nitrogen and oxygen atoms in total. The van der Waals surface area contributed by atoms with Crippen LogP contribution in [0.15, 0.2) is 54.6 Å². The van der Waals surface area contributed by atoms with Crippen molar-refractivity contribution < 1.29 is 44.2 Å². The number of rotatable bonds is 9. The number of carbonyl (C=O) groups excluding carboxylic acids is 1. The number of aliphatic hydroxyl groups is 2. The van der Waals surface area contributed by atoms with Crippen molar-refractivity contribution in [1.29, 1.82) is 0 Å². The molecule has 1 saturated carbocycles. The zero-order chi connectivity index (χ0) is 26.5. The minimum atomic E-state index is -1.83. The summed E-state index contributed by atoms with van der Waals surface area (Å²) < 4.78 is 16.6. The van der Waals surface area contributed by atoms with E-state index in [1.54, 1.807) is 19.3 Å². The van der Waals surface area contributed by atoms with Crippen LogP contribution in [0.25, 0.3) is 6.08 Å². The van der Waals surface area contributed by atoms with Gasteiger partial charge in [-0.05, 0) is 42.7 Å². The molecule has 196 valence electrons. The van der Waals surface area contributed by atoms with Gasteiger partial charge in [0.1, 0.15) is 18.0 Å². The van der Waals surface area contributed by atoms with E-state index in [2.05, 4.69) is 0 Å². The van der Waals surface area contributed by atoms with Crippen molar-refractivity contribution in [2.24, 2.45) is 0 Å². The van der Waals surface area contributed by atoms with E-state index in [0.717, 1.165) is 18.4 Å². The highest BCUT2D eigenvalue weighted by molar-refractivity contribution is 6.30. The predicted molar refractivity (Wildman–Crippen MR) is 133 cm³/mol. The maximum absolute atomic E-state index is 12.3. The third kappa shape index (κ3) is 10.2. The first-order valence-corrected chi connectivity index (χ1v) is 11.7. The van der Waals surface area contributed by atoms with E-state index < -0.39 is 30.4 Å². The Balaban J connectivity index is 0.00000106. The van der Waals surface area contributed by atoms with Crippen LogP contribution in [-0.4, -0.2) is 70.7 Å². The van der Waals surface area contributed by atoms with Crippen molar-refractivity contribution in [3.63, 3.8) is 0 Å². The van der Waals surface area contributed by atoms with Gasteiger partial charge in [0.15, 0.2) is 0 Å². The van der Waals surface area contributed by atoms with Crippen molar-refractivity contribution in [2.45, 2.75) is 50.1 Å². The minimum Gasteiger partial charge on any atom is -0.496 e. The first kappa shape index (κ1) is 29.1. The highest BCUT2D eigenvalue weighted by Gasteiger charge is 2.38. The molecule has 2 aromatic carbocycles. The van der Waals surface area contributed by atoms with Crippen LogP contribution in [0.2, 0.25) is 5.02 Å². The second-order valence-electron chi connectivity index (χ2n) is 8.09. The van der Waals surface area contributed by atoms with Crippen molar-refractivity contribution in [2.75, 3.05) is 13.7 Å². The Morgan fingerprint density at radius 2 is 1.72 bits per heavy atom. The molecule has 0 radical (unpaired) electrons. The zero-order valence-electron chi connectivity index (χ0n) is 19.8. The minimum absolute atomic E-state index is 0.297. The zero-order valence-corrected chi connectivity index (χ0v) is 20.6. The highest BCUT2D eigenvalue weighted by Crippen LogP contribution is 2.26. The van der Waals surface area contributed by atoms with Gasteiger partial charge in [-0.2, -0.15) is 0 Å². The van der Waals surface area contributed by atoms with Crippen molar-refractivity contribution in [1.82, 2.24) is 0 Å². The number of methoxy groups -OCH3 is 1. The van der Waals surface area contributed by atoms with Crippen LogP contribution in [0.5, 0.6) is 5.75 Å². The van der Waals surface area contributed by atoms with Gasteiger partial charge in [-0.1, -0.05) is 41.9 Å². The summed E-state index contributed by atoms with van der Waals surface area (Å²) in [6, 6.07) is 15.0. The van der Waals surface area contributed by atoms with Crippen LogP contribution in [-0.2, 0) is 20.7 Å². The maximum atomic E-state index is 12.3. The van der Waals surface area contributed by atoms with Crippen LogP contribution >= 0.6 is 11.6 Å². The summed E-state index contributed by atoms with van der Waals surface area (Å²) in [4.78, 5) is 20.8. The highest BCUT2D eigenvalue weighted by atomic mass is 35.5. The van der Waals surface area contributed by atoms with Crippen molar-refractivity contribution in [3.05, 3.63) is 70.8 Å². The van der Waals surface area contributed by atoms with Gasteiger partial charge in [-0.3, -0.25) is 0 Å². The molecule has 10 heteroatoms. The number of halogens is 1. The summed E-state index contributed by atoms with van der Waals surface area (Å²) in [6.07, 6.45) is 0.0357. The molecular weight excluding hydrogens is 492 g/mol. The molecule has 3 rings (SSSR count). The van der Waals surface area contributed by atoms with Gasteiger partial charge in [0.2, 0.25) is 0 Å². The Morgan fingerprint density at radius 1 is 1.06 bits per heavy atom. The monoisotopic (exact) mass is 522 g/mol. The van der Waals surface area contributed by atoms with Crippen LogP contribution in [0.3, 0.4) is 0 Å². The molecule has 4 N–H and O–H groups in total. The van der Waals surface area contributed by atoms with Crippen LogP contribution in [0, 0.1) is 0 Å². The van der Waals surface area contributed by atoms with Gasteiger partial charge in [-0.25, -0.2) is 9.59 Å². The topological polar surface area (TPSA) is 143 Å². The molecule has 2 aromatic rings. The molecule has 4 atom stereocenters. The lowest BCUT2D eigenvalue weighted by Gasteiger charge is -2.36. The summed E-state index contributed by atoms with van der Waals surface area (Å²) >= 11 is 5.90. The Labute approximate surface area is 214 Å². The third-order valence-electron chi connectivity index (χ3n) is 5.46. The predicted octanol–water partition coefficient (Wildman–Crippen LogP) is 4.03. The van der Waals surface area contributed by atoms with Gasteiger partial charge >= 0.3 is 12.1 Å². The van der Waals surface area contributed by atoms with Gasteiger partial charge in [0.05, 0.1) is 19.3 Å². The number of para-hydroxylation sites is 1. The molecule has 36 heavy (non-hydrogen) atoms. The largest absolute Gasteiger partial charge is 0.503 e. The lowest BCUT2D eigenvalue weighted by atomic mass is 9.89. The fraction of sp³-hybridized carbons (Fsp3) is 0.385. The maximum Gasteiger partial charge on any atom is 0.503 e. The van der Waals surface area contributed by atoms with Gasteiger partial charge in [0.25, 0.3) is 0 Å². The number of esters is 1. The van der Waals surface area contributed by atoms with E-state index in [1.807, 2.05) is 42.5 Å². The van der Waals surface area contributed by atoms with E-state index in [-0.39, 0.29) is 6.10 Å². The second kappa shape index (κ2) is 15.1. The number of hydrogen-bond donors (Lipinski definition) is 4. The van der Waals surface area contributed by atoms with Crippen molar-refractivity contribution in [3.8, 4) is 5.75 Å². The van der Waals surface area contributed by atoms with E-state index in [4.69, 9.17) is 40.8 Å². The Morgan fingerprint density at radius 3 is 2.39 bits per heavy atom. The molecule has 0 aliphatic heterocycles. The summed E-state index contributed by atoms with van der Waals surface area (Å²) in [7, 11) is 1.56. The summed E-state index contributed by atoms with van der Waals surface area (Å²) in [5.74, 6) is 0.0345. The number of aryl methyl sites for hydroxylation is 1. The van der Waals surface area contributed by atoms with E-state index in [9.17, 15) is 15.0 Å². The normalized spacial score (nSPS) is 21.3. The Kier molecular flexibility index (Phi) is 12.2. The third-order valence-corrected chi connectivity index (χ3v) is 5.71. The second-order valence-corrected chi connectivity index (χ2v) is 8.52. The van der Waals surface area contributed by atoms with E-state index in [0.29, 0.717) is 30.2 Å². The average molecular weight is 523 g/mol. The van der Waals surface area contributed by atoms with Crippen LogP contribution in [0.4, 0.5) is 4.79 Å². The van der Waals surface area contributed by atoms with Gasteiger partial charge in [0, 0.05) is 36.1 Å². The summed E-state index contributed by atoms with van der Waals surface area (Å²) in [6.45, 7) is 0.504. The SMILES string of the molecule is COc1ccccc1/C=C/C(=O)O[C@@H]1C[C@@H](OCCCc2ccc(Cl)cc2)C[C@H](O)[C@H]1O.O=C(O)O. The van der Waals surface area contributed by atoms with E-state index >= 15 is 0 Å². The number of carbonyl (C=O) groups is 2. The Hall–Kier alpha value is -3.11. The number of benzene rings is 2. The average Bonchev–Trinajstić information content (AvgIpc) is 2.84. The van der Waals surface area contributed by atoms with Crippen LogP contribution < -0.4 is 4.74 Å². The lowest BCUT2D eigenvalue weighted by Crippen LogP contribution is -2.48. The molecule has 0 saturated heterocycles. The lowest BCUT2D eigenvalue weighted by molar-refractivity contribution is -0.170. The van der Waals surface area contributed by atoms with Crippen molar-refractivity contribution >= 4 is 29.8 Å². The molecule has 0 heterocycles. The van der Waals surface area contributed by atoms with Gasteiger partial charge < -0.3 is 34.6 Å². The molecule has 0 bridgehead atoms. The Bertz CT molecular complexity index is 989. The smallest absolute Gasteiger partial charge is 0.496 e. The number of carboxylic acid groups (broad SMARTS) is 2. The molecular formula is C26H31ClO9. The first-order valence-electron chi connectivity index (χ1n) is 11.4. The number of aliphatic hydroxyl groups excluding tert-OH is 2. The molecule has 0 spiro atoms.